The van der Waals surface area contributed by atoms with Crippen LogP contribution in [0.2, 0.25) is 0 Å². The van der Waals surface area contributed by atoms with E-state index in [9.17, 15) is 4.79 Å². The largest absolute Gasteiger partial charge is 0.449 e. The van der Waals surface area contributed by atoms with E-state index in [0.717, 1.165) is 6.42 Å². The zero-order valence-corrected chi connectivity index (χ0v) is 20.1. The Kier molecular flexibility index (Phi) is 7.31. The fourth-order valence-electron chi connectivity index (χ4n) is 4.72. The summed E-state index contributed by atoms with van der Waals surface area (Å²) in [5, 5.41) is 5.25. The fraction of sp³-hybridized carbons (Fsp3) is 0.393. The highest BCUT2D eigenvalue weighted by molar-refractivity contribution is 7.10. The summed E-state index contributed by atoms with van der Waals surface area (Å²) >= 11 is 1.83. The van der Waals surface area contributed by atoms with Crippen LogP contribution in [-0.4, -0.2) is 18.7 Å². The predicted octanol–water partition coefficient (Wildman–Crippen LogP) is 7.51. The van der Waals surface area contributed by atoms with Crippen LogP contribution in [0.25, 0.3) is 11.1 Å². The molecule has 4 heteroatoms. The van der Waals surface area contributed by atoms with Crippen molar-refractivity contribution in [2.75, 3.05) is 6.61 Å². The average Bonchev–Trinajstić information content (AvgIpc) is 3.40. The third-order valence-corrected chi connectivity index (χ3v) is 7.71. The lowest BCUT2D eigenvalue weighted by molar-refractivity contribution is 0.138. The van der Waals surface area contributed by atoms with Gasteiger partial charge in [-0.3, -0.25) is 0 Å². The van der Waals surface area contributed by atoms with Crippen LogP contribution >= 0.6 is 11.3 Å². The number of thiophene rings is 1. The van der Waals surface area contributed by atoms with Gasteiger partial charge in [-0.15, -0.1) is 11.3 Å². The van der Waals surface area contributed by atoms with E-state index in [1.54, 1.807) is 0 Å². The Morgan fingerprint density at radius 2 is 1.66 bits per heavy atom. The van der Waals surface area contributed by atoms with Gasteiger partial charge in [0.2, 0.25) is 0 Å². The topological polar surface area (TPSA) is 38.3 Å². The van der Waals surface area contributed by atoms with Crippen molar-refractivity contribution in [2.45, 2.75) is 64.3 Å². The second kappa shape index (κ2) is 10.4. The van der Waals surface area contributed by atoms with Crippen LogP contribution in [0.3, 0.4) is 0 Å². The van der Waals surface area contributed by atoms with E-state index in [2.05, 4.69) is 86.1 Å². The molecule has 1 amide bonds. The molecule has 0 radical (unpaired) electrons. The molecule has 3 aromatic rings. The Bertz CT molecular complexity index is 1010. The Labute approximate surface area is 195 Å². The highest BCUT2D eigenvalue weighted by Gasteiger charge is 2.29. The van der Waals surface area contributed by atoms with Crippen LogP contribution in [0.15, 0.2) is 60.0 Å². The number of benzene rings is 2. The predicted molar refractivity (Wildman–Crippen MR) is 134 cm³/mol. The first-order chi connectivity index (χ1) is 15.6. The summed E-state index contributed by atoms with van der Waals surface area (Å²) in [5.41, 5.74) is 6.31. The summed E-state index contributed by atoms with van der Waals surface area (Å²) in [4.78, 5) is 14.1. The smallest absolute Gasteiger partial charge is 0.407 e. The number of carbonyl (C=O) groups is 1. The van der Waals surface area contributed by atoms with Crippen LogP contribution in [0.1, 0.15) is 73.4 Å². The molecule has 0 aliphatic heterocycles. The van der Waals surface area contributed by atoms with Crippen molar-refractivity contribution in [3.05, 3.63) is 81.5 Å². The SMILES string of the molecule is CCCCCc1sccc1C(C)[C@H](C)NC(=O)OCC1c2ccccc2-c2ccccc21. The molecule has 0 saturated heterocycles. The summed E-state index contributed by atoms with van der Waals surface area (Å²) in [6.07, 6.45) is 4.51. The average molecular weight is 448 g/mol. The molecule has 168 valence electrons. The van der Waals surface area contributed by atoms with Crippen molar-refractivity contribution in [1.29, 1.82) is 0 Å². The number of amides is 1. The standard InChI is InChI=1S/C28H33NO2S/c1-4-5-6-15-27-21(16-17-32-27)19(2)20(3)29-28(30)31-18-26-24-13-9-7-11-22(24)23-12-8-10-14-25(23)26/h7-14,16-17,19-20,26H,4-6,15,18H2,1-3H3,(H,29,30)/t19?,20-/m0/s1. The van der Waals surface area contributed by atoms with Gasteiger partial charge in [-0.25, -0.2) is 4.79 Å². The maximum atomic E-state index is 12.7. The number of nitrogens with one attached hydrogen (secondary N) is 1. The molecule has 2 aromatic carbocycles. The minimum atomic E-state index is -0.339. The summed E-state index contributed by atoms with van der Waals surface area (Å²) < 4.78 is 5.74. The van der Waals surface area contributed by atoms with Crippen molar-refractivity contribution >= 4 is 17.4 Å². The van der Waals surface area contributed by atoms with Gasteiger partial charge in [0.1, 0.15) is 6.61 Å². The Morgan fingerprint density at radius 1 is 1.00 bits per heavy atom. The number of ether oxygens (including phenoxy) is 1. The van der Waals surface area contributed by atoms with E-state index in [0.29, 0.717) is 6.61 Å². The summed E-state index contributed by atoms with van der Waals surface area (Å²) in [7, 11) is 0. The van der Waals surface area contributed by atoms with E-state index in [1.807, 2.05) is 11.3 Å². The molecule has 0 bridgehead atoms. The monoisotopic (exact) mass is 447 g/mol. The van der Waals surface area contributed by atoms with Crippen LogP contribution in [0, 0.1) is 0 Å². The van der Waals surface area contributed by atoms with Crippen molar-refractivity contribution in [3.8, 4) is 11.1 Å². The first kappa shape index (κ1) is 22.6. The lowest BCUT2D eigenvalue weighted by atomic mass is 9.93. The Morgan fingerprint density at radius 3 is 2.31 bits per heavy atom. The van der Waals surface area contributed by atoms with E-state index >= 15 is 0 Å². The van der Waals surface area contributed by atoms with Crippen LogP contribution in [-0.2, 0) is 11.2 Å². The van der Waals surface area contributed by atoms with E-state index < -0.39 is 0 Å². The summed E-state index contributed by atoms with van der Waals surface area (Å²) in [6, 6.07) is 19.0. The molecule has 3 nitrogen and oxygen atoms in total. The molecular formula is C28H33NO2S. The number of carbonyl (C=O) groups excluding carboxylic acids is 1. The molecule has 32 heavy (non-hydrogen) atoms. The first-order valence-electron chi connectivity index (χ1n) is 11.8. The van der Waals surface area contributed by atoms with Crippen molar-refractivity contribution in [3.63, 3.8) is 0 Å². The molecule has 4 rings (SSSR count). The van der Waals surface area contributed by atoms with Crippen LogP contribution < -0.4 is 5.32 Å². The van der Waals surface area contributed by atoms with Gasteiger partial charge >= 0.3 is 6.09 Å². The van der Waals surface area contributed by atoms with E-state index in [4.69, 9.17) is 4.74 Å². The fourth-order valence-corrected chi connectivity index (χ4v) is 5.75. The minimum absolute atomic E-state index is 0.00479. The van der Waals surface area contributed by atoms with Gasteiger partial charge in [0, 0.05) is 22.8 Å². The molecule has 1 aliphatic carbocycles. The van der Waals surface area contributed by atoms with Gasteiger partial charge in [-0.1, -0.05) is 75.2 Å². The van der Waals surface area contributed by atoms with Gasteiger partial charge in [-0.2, -0.15) is 0 Å². The van der Waals surface area contributed by atoms with Gasteiger partial charge in [0.25, 0.3) is 0 Å². The second-order valence-corrected chi connectivity index (χ2v) is 9.80. The van der Waals surface area contributed by atoms with Gasteiger partial charge in [0.15, 0.2) is 0 Å². The highest BCUT2D eigenvalue weighted by Crippen LogP contribution is 2.44. The van der Waals surface area contributed by atoms with Crippen molar-refractivity contribution < 1.29 is 9.53 Å². The molecule has 0 spiro atoms. The van der Waals surface area contributed by atoms with E-state index in [-0.39, 0.29) is 24.0 Å². The third kappa shape index (κ3) is 4.75. The zero-order chi connectivity index (χ0) is 22.5. The lowest BCUT2D eigenvalue weighted by Gasteiger charge is -2.22. The number of rotatable bonds is 9. The molecule has 0 saturated carbocycles. The van der Waals surface area contributed by atoms with Gasteiger partial charge in [0.05, 0.1) is 0 Å². The molecular weight excluding hydrogens is 414 g/mol. The van der Waals surface area contributed by atoms with E-state index in [1.165, 1.54) is 52.0 Å². The van der Waals surface area contributed by atoms with Crippen LogP contribution in [0.5, 0.6) is 0 Å². The molecule has 0 fully saturated rings. The quantitative estimate of drug-likeness (QED) is 0.345. The number of fused-ring (bicyclic) bond motifs is 3. The summed E-state index contributed by atoms with van der Waals surface area (Å²) in [5.74, 6) is 0.335. The maximum absolute atomic E-state index is 12.7. The van der Waals surface area contributed by atoms with Crippen molar-refractivity contribution in [2.24, 2.45) is 0 Å². The Hall–Kier alpha value is -2.59. The number of unbranched alkanes of at least 4 members (excludes halogenated alkanes) is 2. The first-order valence-corrected chi connectivity index (χ1v) is 12.7. The highest BCUT2D eigenvalue weighted by atomic mass is 32.1. The van der Waals surface area contributed by atoms with Crippen molar-refractivity contribution in [1.82, 2.24) is 5.32 Å². The number of hydrogen-bond acceptors (Lipinski definition) is 3. The summed E-state index contributed by atoms with van der Waals surface area (Å²) in [6.45, 7) is 6.85. The van der Waals surface area contributed by atoms with Gasteiger partial charge in [-0.05, 0) is 59.0 Å². The number of alkyl carbamates (subject to hydrolysis) is 1. The molecule has 1 unspecified atom stereocenters. The maximum Gasteiger partial charge on any atom is 0.407 e. The normalized spacial score (nSPS) is 14.5. The third-order valence-electron chi connectivity index (χ3n) is 6.72. The molecule has 1 heterocycles. The second-order valence-electron chi connectivity index (χ2n) is 8.80. The molecule has 2 atom stereocenters. The molecule has 1 aliphatic rings. The minimum Gasteiger partial charge on any atom is -0.449 e. The lowest BCUT2D eigenvalue weighted by Crippen LogP contribution is -2.37. The molecule has 1 aromatic heterocycles. The van der Waals surface area contributed by atoms with Crippen LogP contribution in [0.4, 0.5) is 4.79 Å². The molecule has 1 N–H and O–H groups in total. The zero-order valence-electron chi connectivity index (χ0n) is 19.3. The Balaban J connectivity index is 1.36. The number of aryl methyl sites for hydroxylation is 1. The number of hydrogen-bond donors (Lipinski definition) is 1. The van der Waals surface area contributed by atoms with Gasteiger partial charge < -0.3 is 10.1 Å².